The van der Waals surface area contributed by atoms with E-state index in [-0.39, 0.29) is 6.61 Å². The van der Waals surface area contributed by atoms with Crippen LogP contribution in [0.1, 0.15) is 22.5 Å². The highest BCUT2D eigenvalue weighted by Crippen LogP contribution is 2.24. The maximum atomic E-state index is 9.52. The van der Waals surface area contributed by atoms with Crippen molar-refractivity contribution in [2.75, 3.05) is 5.43 Å². The van der Waals surface area contributed by atoms with Gasteiger partial charge in [0.2, 0.25) is 0 Å². The van der Waals surface area contributed by atoms with E-state index < -0.39 is 0 Å². The lowest BCUT2D eigenvalue weighted by Gasteiger charge is -2.09. The predicted molar refractivity (Wildman–Crippen MR) is 101 cm³/mol. The van der Waals surface area contributed by atoms with E-state index in [1.807, 2.05) is 61.5 Å². The monoisotopic (exact) mass is 332 g/mol. The second-order valence-corrected chi connectivity index (χ2v) is 5.78. The highest BCUT2D eigenvalue weighted by atomic mass is 16.3. The molecule has 0 aliphatic rings. The fraction of sp³-hybridized carbons (Fsp3) is 0.150. The third-order valence-electron chi connectivity index (χ3n) is 3.77. The quantitative estimate of drug-likeness (QED) is 0.552. The van der Waals surface area contributed by atoms with Crippen LogP contribution in [0, 0.1) is 13.8 Å². The van der Waals surface area contributed by atoms with Crippen LogP contribution >= 0.6 is 0 Å². The molecule has 3 rings (SSSR count). The first kappa shape index (κ1) is 16.8. The van der Waals surface area contributed by atoms with E-state index in [4.69, 9.17) is 0 Å². The third-order valence-corrected chi connectivity index (χ3v) is 3.77. The third kappa shape index (κ3) is 4.28. The number of benzene rings is 2. The Labute approximate surface area is 147 Å². The number of anilines is 1. The van der Waals surface area contributed by atoms with Crippen molar-refractivity contribution >= 4 is 12.0 Å². The molecular formula is C20H20N4O. The molecule has 0 aliphatic carbocycles. The number of aliphatic hydroxyl groups is 1. The molecule has 0 saturated heterocycles. The average Bonchev–Trinajstić information content (AvgIpc) is 2.63. The number of rotatable bonds is 5. The molecule has 0 saturated carbocycles. The lowest BCUT2D eigenvalue weighted by molar-refractivity contribution is 0.282. The Hall–Kier alpha value is -3.05. The molecular weight excluding hydrogens is 312 g/mol. The molecule has 5 heteroatoms. The SMILES string of the molecule is Cc1ccc(/C=N/Nc2cc(-c3ccccc3CO)nc(C)n2)cc1. The van der Waals surface area contributed by atoms with Crippen LogP contribution < -0.4 is 5.43 Å². The van der Waals surface area contributed by atoms with Crippen molar-refractivity contribution < 1.29 is 5.11 Å². The van der Waals surface area contributed by atoms with Crippen LogP contribution in [0.2, 0.25) is 0 Å². The maximum absolute atomic E-state index is 9.52. The summed E-state index contributed by atoms with van der Waals surface area (Å²) in [4.78, 5) is 8.84. The summed E-state index contributed by atoms with van der Waals surface area (Å²) in [5, 5.41) is 13.8. The van der Waals surface area contributed by atoms with Gasteiger partial charge in [0.15, 0.2) is 0 Å². The summed E-state index contributed by atoms with van der Waals surface area (Å²) in [6.45, 7) is 3.85. The number of nitrogens with zero attached hydrogens (tertiary/aromatic N) is 3. The van der Waals surface area contributed by atoms with E-state index in [1.165, 1.54) is 5.56 Å². The fourth-order valence-corrected chi connectivity index (χ4v) is 2.50. The summed E-state index contributed by atoms with van der Waals surface area (Å²) in [6, 6.07) is 17.6. The minimum absolute atomic E-state index is 0.0342. The highest BCUT2D eigenvalue weighted by molar-refractivity contribution is 5.80. The summed E-state index contributed by atoms with van der Waals surface area (Å²) < 4.78 is 0. The zero-order chi connectivity index (χ0) is 17.6. The fourth-order valence-electron chi connectivity index (χ4n) is 2.50. The Morgan fingerprint density at radius 1 is 1.04 bits per heavy atom. The number of aromatic nitrogens is 2. The van der Waals surface area contributed by atoms with E-state index in [1.54, 1.807) is 6.21 Å². The molecule has 0 amide bonds. The molecule has 0 radical (unpaired) electrons. The number of hydrazone groups is 1. The van der Waals surface area contributed by atoms with Gasteiger partial charge in [-0.1, -0.05) is 54.1 Å². The first-order valence-corrected chi connectivity index (χ1v) is 8.06. The van der Waals surface area contributed by atoms with Crippen molar-refractivity contribution in [3.8, 4) is 11.3 Å². The molecule has 1 aromatic heterocycles. The number of hydrogen-bond acceptors (Lipinski definition) is 5. The number of hydrogen-bond donors (Lipinski definition) is 2. The predicted octanol–water partition coefficient (Wildman–Crippen LogP) is 3.70. The lowest BCUT2D eigenvalue weighted by atomic mass is 10.0. The minimum atomic E-state index is -0.0342. The van der Waals surface area contributed by atoms with Gasteiger partial charge in [-0.25, -0.2) is 9.97 Å². The van der Waals surface area contributed by atoms with E-state index >= 15 is 0 Å². The zero-order valence-electron chi connectivity index (χ0n) is 14.3. The number of nitrogens with one attached hydrogen (secondary N) is 1. The van der Waals surface area contributed by atoms with E-state index in [9.17, 15) is 5.11 Å². The average molecular weight is 332 g/mol. The molecule has 0 aliphatic heterocycles. The van der Waals surface area contributed by atoms with Gasteiger partial charge in [0.05, 0.1) is 18.5 Å². The molecule has 3 aromatic rings. The first-order chi connectivity index (χ1) is 12.2. The summed E-state index contributed by atoms with van der Waals surface area (Å²) in [5.74, 6) is 1.25. The molecule has 0 atom stereocenters. The Morgan fingerprint density at radius 2 is 1.80 bits per heavy atom. The van der Waals surface area contributed by atoms with Crippen LogP contribution in [0.3, 0.4) is 0 Å². The molecule has 5 nitrogen and oxygen atoms in total. The van der Waals surface area contributed by atoms with Crippen LogP contribution in [0.4, 0.5) is 5.82 Å². The van der Waals surface area contributed by atoms with Gasteiger partial charge >= 0.3 is 0 Å². The smallest absolute Gasteiger partial charge is 0.150 e. The number of aryl methyl sites for hydroxylation is 2. The van der Waals surface area contributed by atoms with Gasteiger partial charge in [-0.3, -0.25) is 5.43 Å². The van der Waals surface area contributed by atoms with Crippen molar-refractivity contribution in [3.63, 3.8) is 0 Å². The second kappa shape index (κ2) is 7.68. The van der Waals surface area contributed by atoms with Crippen LogP contribution in [0.25, 0.3) is 11.3 Å². The molecule has 0 spiro atoms. The van der Waals surface area contributed by atoms with Crippen molar-refractivity contribution in [3.05, 3.63) is 77.1 Å². The van der Waals surface area contributed by atoms with Gasteiger partial charge in [-0.2, -0.15) is 5.10 Å². The van der Waals surface area contributed by atoms with Gasteiger partial charge in [0.25, 0.3) is 0 Å². The van der Waals surface area contributed by atoms with Crippen LogP contribution in [-0.4, -0.2) is 21.3 Å². The Kier molecular flexibility index (Phi) is 5.16. The van der Waals surface area contributed by atoms with Crippen molar-refractivity contribution in [2.45, 2.75) is 20.5 Å². The summed E-state index contributed by atoms with van der Waals surface area (Å²) in [5.41, 5.74) is 7.65. The number of aliphatic hydroxyl groups excluding tert-OH is 1. The molecule has 25 heavy (non-hydrogen) atoms. The summed E-state index contributed by atoms with van der Waals surface area (Å²) >= 11 is 0. The standard InChI is InChI=1S/C20H20N4O/c1-14-7-9-16(10-8-14)12-21-24-20-11-19(22-15(2)23-20)18-6-4-3-5-17(18)13-25/h3-12,25H,13H2,1-2H3,(H,22,23,24)/b21-12+. The van der Waals surface area contributed by atoms with Gasteiger partial charge < -0.3 is 5.11 Å². The van der Waals surface area contributed by atoms with Gasteiger partial charge in [-0.15, -0.1) is 0 Å². The largest absolute Gasteiger partial charge is 0.392 e. The van der Waals surface area contributed by atoms with Crippen LogP contribution in [0.15, 0.2) is 59.7 Å². The molecule has 126 valence electrons. The van der Waals surface area contributed by atoms with Crippen LogP contribution in [-0.2, 0) is 6.61 Å². The second-order valence-electron chi connectivity index (χ2n) is 5.78. The minimum Gasteiger partial charge on any atom is -0.392 e. The van der Waals surface area contributed by atoms with Crippen molar-refractivity contribution in [2.24, 2.45) is 5.10 Å². The summed E-state index contributed by atoms with van der Waals surface area (Å²) in [6.07, 6.45) is 1.75. The Bertz CT molecular complexity index is 888. The van der Waals surface area contributed by atoms with Gasteiger partial charge in [0.1, 0.15) is 11.6 Å². The molecule has 1 heterocycles. The maximum Gasteiger partial charge on any atom is 0.150 e. The van der Waals surface area contributed by atoms with E-state index in [2.05, 4.69) is 27.4 Å². The van der Waals surface area contributed by atoms with E-state index in [0.717, 1.165) is 22.4 Å². The Morgan fingerprint density at radius 3 is 2.56 bits per heavy atom. The lowest BCUT2D eigenvalue weighted by Crippen LogP contribution is -2.00. The Balaban J connectivity index is 1.83. The van der Waals surface area contributed by atoms with Gasteiger partial charge in [0, 0.05) is 11.6 Å². The normalized spacial score (nSPS) is 11.0. The highest BCUT2D eigenvalue weighted by Gasteiger charge is 2.08. The summed E-state index contributed by atoms with van der Waals surface area (Å²) in [7, 11) is 0. The zero-order valence-corrected chi connectivity index (χ0v) is 14.3. The molecule has 0 bridgehead atoms. The molecule has 0 fully saturated rings. The molecule has 0 unspecified atom stereocenters. The van der Waals surface area contributed by atoms with Crippen molar-refractivity contribution in [1.29, 1.82) is 0 Å². The van der Waals surface area contributed by atoms with E-state index in [0.29, 0.717) is 11.6 Å². The first-order valence-electron chi connectivity index (χ1n) is 8.06. The molecule has 2 aromatic carbocycles. The molecule has 2 N–H and O–H groups in total. The van der Waals surface area contributed by atoms with Crippen LogP contribution in [0.5, 0.6) is 0 Å². The van der Waals surface area contributed by atoms with Gasteiger partial charge in [-0.05, 0) is 25.0 Å². The van der Waals surface area contributed by atoms with Crippen molar-refractivity contribution in [1.82, 2.24) is 9.97 Å². The topological polar surface area (TPSA) is 70.4 Å².